The fourth-order valence-electron chi connectivity index (χ4n) is 1.51. The minimum Gasteiger partial charge on any atom is -0.285 e. The van der Waals surface area contributed by atoms with Crippen molar-refractivity contribution in [2.24, 2.45) is 11.8 Å². The molecule has 7 heteroatoms. The Kier molecular flexibility index (Phi) is 8.00. The van der Waals surface area contributed by atoms with Crippen molar-refractivity contribution in [3.05, 3.63) is 31.9 Å². The van der Waals surface area contributed by atoms with E-state index >= 15 is 0 Å². The Labute approximate surface area is 161 Å². The van der Waals surface area contributed by atoms with Gasteiger partial charge in [-0.3, -0.25) is 9.78 Å². The van der Waals surface area contributed by atoms with Gasteiger partial charge < -0.3 is 0 Å². The summed E-state index contributed by atoms with van der Waals surface area (Å²) in [6, 6.07) is 0. The van der Waals surface area contributed by atoms with Crippen LogP contribution in [-0.2, 0) is 6.54 Å². The zero-order chi connectivity index (χ0) is 15.1. The average Bonchev–Trinajstić information content (AvgIpc) is 3.38. The standard InChI is InChI=1S/C7H9IN2.C4H7Br.C3H3IN2/c8-7-3-9-10(5-7)4-6-1-2-6;5-3-4-1-2-4;4-3-1-5-6-2-3/h3,5-6H,1-2,4H2;4H,1-3H2;1-2H,(H,5,6). The van der Waals surface area contributed by atoms with Gasteiger partial charge in [0.05, 0.1) is 19.5 Å². The summed E-state index contributed by atoms with van der Waals surface area (Å²) < 4.78 is 4.42. The second-order valence-corrected chi connectivity index (χ2v) is 8.48. The van der Waals surface area contributed by atoms with Gasteiger partial charge in [-0.25, -0.2) is 0 Å². The minimum atomic E-state index is 0.927. The number of H-pyrrole nitrogens is 1. The molecule has 21 heavy (non-hydrogen) atoms. The quantitative estimate of drug-likeness (QED) is 0.425. The molecule has 4 rings (SSSR count). The molecule has 2 aromatic rings. The van der Waals surface area contributed by atoms with Crippen LogP contribution in [0, 0.1) is 19.0 Å². The van der Waals surface area contributed by atoms with E-state index in [0.717, 1.165) is 22.0 Å². The lowest BCUT2D eigenvalue weighted by atomic mass is 10.4. The first kappa shape index (κ1) is 17.7. The fraction of sp³-hybridized carbons (Fsp3) is 0.571. The third kappa shape index (κ3) is 8.53. The molecule has 2 aliphatic carbocycles. The molecule has 0 aliphatic heterocycles. The molecule has 2 saturated carbocycles. The molecule has 0 unspecified atom stereocenters. The zero-order valence-electron chi connectivity index (χ0n) is 11.7. The van der Waals surface area contributed by atoms with Gasteiger partial charge in [0.25, 0.3) is 0 Å². The molecule has 0 radical (unpaired) electrons. The van der Waals surface area contributed by atoms with Crippen molar-refractivity contribution >= 4 is 61.1 Å². The van der Waals surface area contributed by atoms with Gasteiger partial charge in [-0.05, 0) is 82.7 Å². The average molecular weight is 577 g/mol. The van der Waals surface area contributed by atoms with E-state index in [0.29, 0.717) is 0 Å². The summed E-state index contributed by atoms with van der Waals surface area (Å²) in [5.41, 5.74) is 0. The molecule has 0 bridgehead atoms. The first-order valence-electron chi connectivity index (χ1n) is 7.05. The van der Waals surface area contributed by atoms with E-state index in [-0.39, 0.29) is 0 Å². The maximum Gasteiger partial charge on any atom is 0.0623 e. The van der Waals surface area contributed by atoms with Crippen molar-refractivity contribution in [2.45, 2.75) is 32.2 Å². The summed E-state index contributed by atoms with van der Waals surface area (Å²) in [4.78, 5) is 0. The van der Waals surface area contributed by atoms with E-state index < -0.39 is 0 Å². The lowest BCUT2D eigenvalue weighted by Crippen LogP contribution is -1.98. The van der Waals surface area contributed by atoms with Crippen LogP contribution in [0.3, 0.4) is 0 Å². The maximum atomic E-state index is 4.21. The number of aromatic nitrogens is 4. The van der Waals surface area contributed by atoms with Gasteiger partial charge >= 0.3 is 0 Å². The molecular weight excluding hydrogens is 558 g/mol. The summed E-state index contributed by atoms with van der Waals surface area (Å²) >= 11 is 7.84. The van der Waals surface area contributed by atoms with E-state index in [1.54, 1.807) is 6.20 Å². The number of alkyl halides is 1. The number of nitrogens with one attached hydrogen (secondary N) is 1. The molecule has 0 aromatic carbocycles. The molecule has 0 atom stereocenters. The third-order valence-corrected chi connectivity index (χ3v) is 5.19. The molecule has 1 N–H and O–H groups in total. The molecule has 0 spiro atoms. The molecule has 0 saturated heterocycles. The Balaban J connectivity index is 0.000000126. The van der Waals surface area contributed by atoms with Crippen molar-refractivity contribution in [3.63, 3.8) is 0 Å². The highest BCUT2D eigenvalue weighted by atomic mass is 127. The van der Waals surface area contributed by atoms with Crippen LogP contribution >= 0.6 is 61.1 Å². The van der Waals surface area contributed by atoms with Gasteiger partial charge in [0.15, 0.2) is 0 Å². The lowest BCUT2D eigenvalue weighted by molar-refractivity contribution is 0.563. The van der Waals surface area contributed by atoms with Crippen molar-refractivity contribution in [2.75, 3.05) is 5.33 Å². The number of hydrogen-bond donors (Lipinski definition) is 1. The van der Waals surface area contributed by atoms with E-state index in [2.05, 4.69) is 82.6 Å². The largest absolute Gasteiger partial charge is 0.285 e. The first-order valence-corrected chi connectivity index (χ1v) is 10.3. The summed E-state index contributed by atoms with van der Waals surface area (Å²) in [5, 5.41) is 11.8. The predicted octanol–water partition coefficient (Wildman–Crippen LogP) is 4.70. The van der Waals surface area contributed by atoms with Crippen molar-refractivity contribution in [1.29, 1.82) is 0 Å². The zero-order valence-corrected chi connectivity index (χ0v) is 17.6. The van der Waals surface area contributed by atoms with E-state index in [4.69, 9.17) is 0 Å². The second-order valence-electron chi connectivity index (χ2n) is 5.34. The van der Waals surface area contributed by atoms with E-state index in [1.165, 1.54) is 34.6 Å². The maximum absolute atomic E-state index is 4.21. The Hall–Kier alpha value is 0.360. The topological polar surface area (TPSA) is 46.5 Å². The van der Waals surface area contributed by atoms with Gasteiger partial charge in [0.1, 0.15) is 0 Å². The summed E-state index contributed by atoms with van der Waals surface area (Å²) in [7, 11) is 0. The number of hydrogen-bond acceptors (Lipinski definition) is 2. The van der Waals surface area contributed by atoms with Crippen LogP contribution in [0.4, 0.5) is 0 Å². The van der Waals surface area contributed by atoms with Crippen LogP contribution in [0.2, 0.25) is 0 Å². The monoisotopic (exact) mass is 576 g/mol. The molecule has 2 aliphatic rings. The van der Waals surface area contributed by atoms with Gasteiger partial charge in [-0.15, -0.1) is 0 Å². The number of halogens is 3. The highest BCUT2D eigenvalue weighted by Gasteiger charge is 2.21. The second kappa shape index (κ2) is 9.49. The van der Waals surface area contributed by atoms with Gasteiger partial charge in [-0.2, -0.15) is 10.2 Å². The summed E-state index contributed by atoms with van der Waals surface area (Å²) in [6.07, 6.45) is 13.3. The normalized spacial score (nSPS) is 16.5. The Morgan fingerprint density at radius 3 is 2.14 bits per heavy atom. The van der Waals surface area contributed by atoms with Gasteiger partial charge in [0.2, 0.25) is 0 Å². The van der Waals surface area contributed by atoms with Crippen LogP contribution in [0.25, 0.3) is 0 Å². The molecule has 2 aromatic heterocycles. The van der Waals surface area contributed by atoms with Crippen LogP contribution in [0.5, 0.6) is 0 Å². The van der Waals surface area contributed by atoms with Crippen molar-refractivity contribution in [1.82, 2.24) is 20.0 Å². The van der Waals surface area contributed by atoms with Crippen LogP contribution in [-0.4, -0.2) is 25.3 Å². The highest BCUT2D eigenvalue weighted by molar-refractivity contribution is 14.1. The number of rotatable bonds is 3. The van der Waals surface area contributed by atoms with Crippen LogP contribution < -0.4 is 0 Å². The summed E-state index contributed by atoms with van der Waals surface area (Å²) in [6.45, 7) is 1.13. The van der Waals surface area contributed by atoms with E-state index in [9.17, 15) is 0 Å². The predicted molar refractivity (Wildman–Crippen MR) is 105 cm³/mol. The van der Waals surface area contributed by atoms with Crippen molar-refractivity contribution < 1.29 is 0 Å². The minimum absolute atomic E-state index is 0.927. The van der Waals surface area contributed by atoms with Crippen LogP contribution in [0.15, 0.2) is 24.8 Å². The molecule has 4 nitrogen and oxygen atoms in total. The fourth-order valence-corrected chi connectivity index (χ4v) is 2.88. The van der Waals surface area contributed by atoms with Crippen LogP contribution in [0.1, 0.15) is 25.7 Å². The highest BCUT2D eigenvalue weighted by Crippen LogP contribution is 2.30. The first-order chi connectivity index (χ1) is 10.2. The molecule has 2 fully saturated rings. The smallest absolute Gasteiger partial charge is 0.0623 e. The SMILES string of the molecule is BrCC1CC1.Ic1cn[nH]c1.Ic1cnn(CC2CC2)c1. The number of nitrogens with zero attached hydrogens (tertiary/aromatic N) is 3. The molecule has 116 valence electrons. The Bertz CT molecular complexity index is 507. The van der Waals surface area contributed by atoms with Crippen molar-refractivity contribution in [3.8, 4) is 0 Å². The molecule has 0 amide bonds. The van der Waals surface area contributed by atoms with Gasteiger partial charge in [-0.1, -0.05) is 15.9 Å². The Morgan fingerprint density at radius 2 is 1.86 bits per heavy atom. The van der Waals surface area contributed by atoms with Gasteiger partial charge in [0, 0.05) is 24.3 Å². The summed E-state index contributed by atoms with van der Waals surface area (Å²) in [5.74, 6) is 1.98. The van der Waals surface area contributed by atoms with E-state index in [1.807, 2.05) is 17.1 Å². The number of aromatic amines is 1. The molecule has 2 heterocycles. The third-order valence-electron chi connectivity index (χ3n) is 3.12. The Morgan fingerprint density at radius 1 is 1.14 bits per heavy atom. The lowest BCUT2D eigenvalue weighted by Gasteiger charge is -1.95. The molecular formula is C14H19BrI2N4.